The molecule has 1 fully saturated rings. The van der Waals surface area contributed by atoms with Crippen LogP contribution in [0.4, 0.5) is 0 Å². The summed E-state index contributed by atoms with van der Waals surface area (Å²) in [5.74, 6) is 0.411. The van der Waals surface area contributed by atoms with Crippen molar-refractivity contribution in [2.45, 2.75) is 18.9 Å². The number of furan rings is 1. The highest BCUT2D eigenvalue weighted by Crippen LogP contribution is 2.29. The van der Waals surface area contributed by atoms with Crippen molar-refractivity contribution in [1.82, 2.24) is 10.2 Å². The number of piperidine rings is 1. The maximum atomic E-state index is 13.3. The molecule has 3 heterocycles. The Labute approximate surface area is 190 Å². The lowest BCUT2D eigenvalue weighted by Crippen LogP contribution is -2.46. The van der Waals surface area contributed by atoms with Gasteiger partial charge in [0.15, 0.2) is 0 Å². The molecule has 1 aliphatic rings. The second kappa shape index (κ2) is 9.01. The average molecular weight is 445 g/mol. The summed E-state index contributed by atoms with van der Waals surface area (Å²) in [6, 6.07) is 23.0. The van der Waals surface area contributed by atoms with Crippen LogP contribution in [0.25, 0.3) is 11.0 Å². The van der Waals surface area contributed by atoms with Crippen LogP contribution in [-0.2, 0) is 4.79 Å². The minimum atomic E-state index is -0.389. The number of hydrogen-bond acceptors (Lipinski definition) is 4. The van der Waals surface area contributed by atoms with Crippen LogP contribution in [-0.4, -0.2) is 29.8 Å². The third kappa shape index (κ3) is 4.18. The lowest BCUT2D eigenvalue weighted by atomic mass is 9.95. The maximum absolute atomic E-state index is 13.3. The second-order valence-corrected chi connectivity index (χ2v) is 9.05. The fourth-order valence-corrected chi connectivity index (χ4v) is 4.99. The first kappa shape index (κ1) is 20.5. The fraction of sp³-hybridized carbons (Fsp3) is 0.231. The largest absolute Gasteiger partial charge is 0.459 e. The number of nitrogens with one attached hydrogen (secondary N) is 1. The standard InChI is InChI=1S/C26H24N2O3S/c29-25(20-11-6-14-28(17-20)26(30)23-13-7-15-32-23)27-24(18-8-2-1-3-9-18)22-16-19-10-4-5-12-21(19)31-22/h1-5,7-10,12-13,15-16,20,24H,6,11,14,17H2,(H,27,29)/t20-,24+/m1/s1. The van der Waals surface area contributed by atoms with Gasteiger partial charge in [-0.1, -0.05) is 54.6 Å². The first-order valence-electron chi connectivity index (χ1n) is 10.9. The van der Waals surface area contributed by atoms with E-state index in [2.05, 4.69) is 5.32 Å². The van der Waals surface area contributed by atoms with Gasteiger partial charge in [-0.05, 0) is 42.0 Å². The topological polar surface area (TPSA) is 62.6 Å². The Morgan fingerprint density at radius 2 is 1.84 bits per heavy atom. The zero-order valence-electron chi connectivity index (χ0n) is 17.6. The number of nitrogens with zero attached hydrogens (tertiary/aromatic N) is 1. The molecular weight excluding hydrogens is 420 g/mol. The van der Waals surface area contributed by atoms with Crippen LogP contribution in [0.5, 0.6) is 0 Å². The van der Waals surface area contributed by atoms with Gasteiger partial charge >= 0.3 is 0 Å². The van der Waals surface area contributed by atoms with Gasteiger partial charge < -0.3 is 14.6 Å². The molecule has 2 amide bonds. The summed E-state index contributed by atoms with van der Waals surface area (Å²) >= 11 is 1.44. The van der Waals surface area contributed by atoms with Gasteiger partial charge in [-0.15, -0.1) is 11.3 Å². The van der Waals surface area contributed by atoms with Crippen LogP contribution in [0, 0.1) is 5.92 Å². The molecule has 5 nitrogen and oxygen atoms in total. The monoisotopic (exact) mass is 444 g/mol. The summed E-state index contributed by atoms with van der Waals surface area (Å²) in [7, 11) is 0. The minimum absolute atomic E-state index is 0.00870. The molecule has 2 aromatic carbocycles. The summed E-state index contributed by atoms with van der Waals surface area (Å²) in [6.45, 7) is 1.12. The van der Waals surface area contributed by atoms with Crippen LogP contribution >= 0.6 is 11.3 Å². The molecule has 5 rings (SSSR count). The molecule has 1 N–H and O–H groups in total. The van der Waals surface area contributed by atoms with E-state index >= 15 is 0 Å². The molecule has 0 radical (unpaired) electrons. The molecule has 1 aliphatic heterocycles. The third-order valence-corrected chi connectivity index (χ3v) is 6.82. The van der Waals surface area contributed by atoms with Crippen LogP contribution in [0.15, 0.2) is 82.6 Å². The quantitative estimate of drug-likeness (QED) is 0.457. The van der Waals surface area contributed by atoms with Crippen LogP contribution in [0.3, 0.4) is 0 Å². The lowest BCUT2D eigenvalue weighted by molar-refractivity contribution is -0.127. The SMILES string of the molecule is O=C(N[C@@H](c1ccccc1)c1cc2ccccc2o1)[C@@H]1CCCN(C(=O)c2cccs2)C1. The van der Waals surface area contributed by atoms with E-state index < -0.39 is 0 Å². The highest BCUT2D eigenvalue weighted by molar-refractivity contribution is 7.12. The van der Waals surface area contributed by atoms with Crippen molar-refractivity contribution >= 4 is 34.1 Å². The molecule has 2 aromatic heterocycles. The van der Waals surface area contributed by atoms with Gasteiger partial charge in [-0.2, -0.15) is 0 Å². The summed E-state index contributed by atoms with van der Waals surface area (Å²) < 4.78 is 6.10. The predicted octanol–water partition coefficient (Wildman–Crippen LogP) is 5.25. The smallest absolute Gasteiger partial charge is 0.263 e. The molecule has 0 spiro atoms. The van der Waals surface area contributed by atoms with E-state index in [-0.39, 0.29) is 23.8 Å². The van der Waals surface area contributed by atoms with E-state index in [9.17, 15) is 9.59 Å². The van der Waals surface area contributed by atoms with Crippen molar-refractivity contribution in [3.63, 3.8) is 0 Å². The molecule has 0 unspecified atom stereocenters. The van der Waals surface area contributed by atoms with Crippen LogP contribution in [0.1, 0.15) is 39.9 Å². The number of para-hydroxylation sites is 1. The van der Waals surface area contributed by atoms with E-state index in [1.807, 2.05) is 78.2 Å². The Morgan fingerprint density at radius 3 is 2.62 bits per heavy atom. The van der Waals surface area contributed by atoms with E-state index in [1.165, 1.54) is 11.3 Å². The van der Waals surface area contributed by atoms with Crippen molar-refractivity contribution in [3.8, 4) is 0 Å². The molecule has 0 saturated carbocycles. The summed E-state index contributed by atoms with van der Waals surface area (Å²) in [5.41, 5.74) is 1.75. The van der Waals surface area contributed by atoms with Crippen molar-refractivity contribution < 1.29 is 14.0 Å². The Bertz CT molecular complexity index is 1180. The number of fused-ring (bicyclic) bond motifs is 1. The van der Waals surface area contributed by atoms with Crippen molar-refractivity contribution in [2.75, 3.05) is 13.1 Å². The van der Waals surface area contributed by atoms with E-state index in [4.69, 9.17) is 4.42 Å². The molecule has 4 aromatic rings. The van der Waals surface area contributed by atoms with Crippen molar-refractivity contribution in [2.24, 2.45) is 5.92 Å². The zero-order chi connectivity index (χ0) is 21.9. The number of likely N-dealkylation sites (tertiary alicyclic amines) is 1. The first-order valence-corrected chi connectivity index (χ1v) is 11.7. The zero-order valence-corrected chi connectivity index (χ0v) is 18.4. The summed E-state index contributed by atoms with van der Waals surface area (Å²) in [6.07, 6.45) is 1.58. The van der Waals surface area contributed by atoms with Gasteiger partial charge in [-0.25, -0.2) is 0 Å². The summed E-state index contributed by atoms with van der Waals surface area (Å²) in [4.78, 5) is 28.6. The van der Waals surface area contributed by atoms with Gasteiger partial charge in [0, 0.05) is 18.5 Å². The molecule has 162 valence electrons. The van der Waals surface area contributed by atoms with Gasteiger partial charge in [0.1, 0.15) is 17.4 Å². The molecule has 0 bridgehead atoms. The van der Waals surface area contributed by atoms with E-state index in [0.29, 0.717) is 18.8 Å². The third-order valence-electron chi connectivity index (χ3n) is 5.96. The lowest BCUT2D eigenvalue weighted by Gasteiger charge is -2.32. The number of carbonyl (C=O) groups is 2. The molecule has 0 aliphatic carbocycles. The number of benzene rings is 2. The maximum Gasteiger partial charge on any atom is 0.263 e. The minimum Gasteiger partial charge on any atom is -0.459 e. The van der Waals surface area contributed by atoms with Crippen LogP contribution in [0.2, 0.25) is 0 Å². The van der Waals surface area contributed by atoms with Gasteiger partial charge in [0.25, 0.3) is 5.91 Å². The van der Waals surface area contributed by atoms with E-state index in [1.54, 1.807) is 4.90 Å². The number of rotatable bonds is 5. The number of hydrogen-bond donors (Lipinski definition) is 1. The normalized spacial score (nSPS) is 17.2. The number of carbonyl (C=O) groups excluding carboxylic acids is 2. The second-order valence-electron chi connectivity index (χ2n) is 8.11. The average Bonchev–Trinajstić information content (AvgIpc) is 3.52. The van der Waals surface area contributed by atoms with Crippen LogP contribution < -0.4 is 5.32 Å². The highest BCUT2D eigenvalue weighted by atomic mass is 32.1. The molecule has 6 heteroatoms. The Balaban J connectivity index is 1.37. The Morgan fingerprint density at radius 1 is 1.03 bits per heavy atom. The van der Waals surface area contributed by atoms with Gasteiger partial charge in [0.2, 0.25) is 5.91 Å². The predicted molar refractivity (Wildman–Crippen MR) is 126 cm³/mol. The van der Waals surface area contributed by atoms with Crippen molar-refractivity contribution in [1.29, 1.82) is 0 Å². The van der Waals surface area contributed by atoms with Crippen molar-refractivity contribution in [3.05, 3.63) is 94.4 Å². The first-order chi connectivity index (χ1) is 15.7. The summed E-state index contributed by atoms with van der Waals surface area (Å²) in [5, 5.41) is 6.11. The Kier molecular flexibility index (Phi) is 5.77. The highest BCUT2D eigenvalue weighted by Gasteiger charge is 2.31. The number of amides is 2. The fourth-order valence-electron chi connectivity index (χ4n) is 4.30. The molecule has 1 saturated heterocycles. The molecular formula is C26H24N2O3S. The van der Waals surface area contributed by atoms with E-state index in [0.717, 1.165) is 34.3 Å². The van der Waals surface area contributed by atoms with Gasteiger partial charge in [0.05, 0.1) is 10.8 Å². The number of thiophene rings is 1. The molecule has 2 atom stereocenters. The van der Waals surface area contributed by atoms with Gasteiger partial charge in [-0.3, -0.25) is 9.59 Å². The Hall–Kier alpha value is -3.38. The molecule has 32 heavy (non-hydrogen) atoms.